The predicted molar refractivity (Wildman–Crippen MR) is 72.3 cm³/mol. The molecule has 0 saturated heterocycles. The number of halogens is 1. The lowest BCUT2D eigenvalue weighted by atomic mass is 10.4. The Morgan fingerprint density at radius 3 is 2.95 bits per heavy atom. The number of aromatic amines is 1. The van der Waals surface area contributed by atoms with E-state index in [2.05, 4.69) is 30.6 Å². The molecule has 0 unspecified atom stereocenters. The molecule has 0 aromatic carbocycles. The van der Waals surface area contributed by atoms with Crippen LogP contribution in [0.2, 0.25) is 5.28 Å². The maximum atomic E-state index is 11.3. The maximum Gasteiger partial charge on any atom is 0.316 e. The van der Waals surface area contributed by atoms with Crippen molar-refractivity contribution in [2.75, 3.05) is 32.5 Å². The van der Waals surface area contributed by atoms with Crippen molar-refractivity contribution in [3.8, 4) is 0 Å². The summed E-state index contributed by atoms with van der Waals surface area (Å²) < 4.78 is 0. The highest BCUT2D eigenvalue weighted by Crippen LogP contribution is 2.17. The number of carbonyl (C=O) groups is 1. The zero-order chi connectivity index (χ0) is 13.8. The molecule has 9 heteroatoms. The van der Waals surface area contributed by atoms with Crippen molar-refractivity contribution in [1.29, 1.82) is 0 Å². The van der Waals surface area contributed by atoms with Gasteiger partial charge in [-0.3, -0.25) is 0 Å². The van der Waals surface area contributed by atoms with Crippen LogP contribution in [0.1, 0.15) is 0 Å². The molecule has 2 rings (SSSR count). The quantitative estimate of drug-likeness (QED) is 0.566. The zero-order valence-electron chi connectivity index (χ0n) is 10.6. The molecule has 0 spiro atoms. The molecule has 2 aromatic heterocycles. The van der Waals surface area contributed by atoms with Crippen LogP contribution in [0, 0.1) is 0 Å². The second-order valence-electron chi connectivity index (χ2n) is 4.00. The number of nitrogens with one attached hydrogen (secondary N) is 3. The molecule has 0 aliphatic rings. The Labute approximate surface area is 114 Å². The number of carbonyl (C=O) groups excluding carboxylic acids is 1. The van der Waals surface area contributed by atoms with E-state index in [0.717, 1.165) is 0 Å². The third kappa shape index (κ3) is 3.22. The van der Waals surface area contributed by atoms with E-state index in [0.29, 0.717) is 30.1 Å². The average molecular weight is 284 g/mol. The molecule has 0 bridgehead atoms. The molecule has 0 aliphatic carbocycles. The summed E-state index contributed by atoms with van der Waals surface area (Å²) in [7, 11) is 3.36. The van der Waals surface area contributed by atoms with Crippen LogP contribution in [0.3, 0.4) is 0 Å². The number of urea groups is 1. The second kappa shape index (κ2) is 5.70. The predicted octanol–water partition coefficient (Wildman–Crippen LogP) is 0.689. The smallest absolute Gasteiger partial charge is 0.316 e. The zero-order valence-corrected chi connectivity index (χ0v) is 11.3. The summed E-state index contributed by atoms with van der Waals surface area (Å²) in [6.07, 6.45) is 1.52. The van der Waals surface area contributed by atoms with E-state index in [1.165, 1.54) is 11.2 Å². The summed E-state index contributed by atoms with van der Waals surface area (Å²) in [6, 6.07) is -0.144. The summed E-state index contributed by atoms with van der Waals surface area (Å²) in [5.74, 6) is 0.562. The van der Waals surface area contributed by atoms with Gasteiger partial charge in [-0.1, -0.05) is 0 Å². The van der Waals surface area contributed by atoms with Crippen LogP contribution in [-0.4, -0.2) is 58.1 Å². The van der Waals surface area contributed by atoms with Crippen molar-refractivity contribution in [2.45, 2.75) is 0 Å². The van der Waals surface area contributed by atoms with Crippen LogP contribution in [-0.2, 0) is 0 Å². The topological polar surface area (TPSA) is 98.8 Å². The minimum atomic E-state index is -0.144. The third-order valence-electron chi connectivity index (χ3n) is 2.36. The Kier molecular flexibility index (Phi) is 4.00. The molecule has 0 fully saturated rings. The fraction of sp³-hybridized carbons (Fsp3) is 0.400. The van der Waals surface area contributed by atoms with Crippen molar-refractivity contribution in [3.05, 3.63) is 11.6 Å². The maximum absolute atomic E-state index is 11.3. The van der Waals surface area contributed by atoms with Crippen LogP contribution < -0.4 is 10.6 Å². The summed E-state index contributed by atoms with van der Waals surface area (Å²) in [5, 5.41) is 5.92. The molecular weight excluding hydrogens is 270 g/mol. The fourth-order valence-corrected chi connectivity index (χ4v) is 1.61. The van der Waals surface area contributed by atoms with Gasteiger partial charge in [0.15, 0.2) is 11.5 Å². The van der Waals surface area contributed by atoms with Gasteiger partial charge >= 0.3 is 6.03 Å². The lowest BCUT2D eigenvalue weighted by Crippen LogP contribution is -2.37. The van der Waals surface area contributed by atoms with E-state index < -0.39 is 0 Å². The Hall–Kier alpha value is -2.09. The van der Waals surface area contributed by atoms with Crippen LogP contribution in [0.5, 0.6) is 0 Å². The lowest BCUT2D eigenvalue weighted by molar-refractivity contribution is 0.218. The fourth-order valence-electron chi connectivity index (χ4n) is 1.44. The van der Waals surface area contributed by atoms with Crippen molar-refractivity contribution >= 4 is 34.6 Å². The van der Waals surface area contributed by atoms with Crippen molar-refractivity contribution in [2.24, 2.45) is 0 Å². The summed E-state index contributed by atoms with van der Waals surface area (Å²) >= 11 is 5.79. The van der Waals surface area contributed by atoms with Gasteiger partial charge in [-0.05, 0) is 11.6 Å². The first-order valence-corrected chi connectivity index (χ1v) is 6.01. The Balaban J connectivity index is 1.94. The normalized spacial score (nSPS) is 10.5. The number of hydrogen-bond acceptors (Lipinski definition) is 5. The minimum absolute atomic E-state index is 0.124. The number of nitrogens with zero attached hydrogens (tertiary/aromatic N) is 4. The minimum Gasteiger partial charge on any atom is -0.366 e. The monoisotopic (exact) mass is 283 g/mol. The molecular formula is C10H14ClN7O. The number of anilines is 1. The van der Waals surface area contributed by atoms with E-state index in [9.17, 15) is 4.79 Å². The number of amides is 2. The molecule has 0 aliphatic heterocycles. The largest absolute Gasteiger partial charge is 0.366 e. The van der Waals surface area contributed by atoms with Gasteiger partial charge in [-0.15, -0.1) is 0 Å². The highest BCUT2D eigenvalue weighted by Gasteiger charge is 2.08. The lowest BCUT2D eigenvalue weighted by Gasteiger charge is -2.12. The van der Waals surface area contributed by atoms with E-state index >= 15 is 0 Å². The number of fused-ring (bicyclic) bond motifs is 1. The highest BCUT2D eigenvalue weighted by molar-refractivity contribution is 6.28. The molecule has 0 saturated carbocycles. The number of imidazole rings is 1. The number of rotatable bonds is 4. The van der Waals surface area contributed by atoms with Crippen LogP contribution >= 0.6 is 11.6 Å². The highest BCUT2D eigenvalue weighted by atomic mass is 35.5. The first-order valence-electron chi connectivity index (χ1n) is 5.63. The van der Waals surface area contributed by atoms with Gasteiger partial charge in [0.05, 0.1) is 6.33 Å². The molecule has 19 heavy (non-hydrogen) atoms. The van der Waals surface area contributed by atoms with Gasteiger partial charge in [-0.25, -0.2) is 9.78 Å². The molecule has 0 radical (unpaired) electrons. The standard InChI is InChI=1S/C10H14ClN7O/c1-18(2)10(19)13-4-3-12-7-6-8(15-5-14-6)17-9(11)16-7/h5H,3-4H2,1-2H3,(H,13,19)(H2,12,14,15,16,17). The Morgan fingerprint density at radius 1 is 1.42 bits per heavy atom. The van der Waals surface area contributed by atoms with Crippen molar-refractivity contribution in [1.82, 2.24) is 30.2 Å². The first kappa shape index (κ1) is 13.3. The molecule has 0 atom stereocenters. The van der Waals surface area contributed by atoms with Gasteiger partial charge in [0.1, 0.15) is 5.52 Å². The van der Waals surface area contributed by atoms with Gasteiger partial charge in [0.2, 0.25) is 5.28 Å². The number of H-pyrrole nitrogens is 1. The van der Waals surface area contributed by atoms with E-state index in [4.69, 9.17) is 11.6 Å². The van der Waals surface area contributed by atoms with E-state index in [-0.39, 0.29) is 11.3 Å². The van der Waals surface area contributed by atoms with Crippen LogP contribution in [0.25, 0.3) is 11.2 Å². The average Bonchev–Trinajstić information content (AvgIpc) is 2.81. The van der Waals surface area contributed by atoms with Gasteiger partial charge in [-0.2, -0.15) is 9.97 Å². The summed E-state index contributed by atoms with van der Waals surface area (Å²) in [6.45, 7) is 0.981. The third-order valence-corrected chi connectivity index (χ3v) is 2.53. The molecule has 2 heterocycles. The molecule has 2 amide bonds. The van der Waals surface area contributed by atoms with Gasteiger partial charge in [0.25, 0.3) is 0 Å². The van der Waals surface area contributed by atoms with Crippen molar-refractivity contribution < 1.29 is 4.79 Å². The SMILES string of the molecule is CN(C)C(=O)NCCNc1nc(Cl)nc2nc[nH]c12. The number of hydrogen-bond donors (Lipinski definition) is 3. The van der Waals surface area contributed by atoms with E-state index in [1.807, 2.05) is 0 Å². The second-order valence-corrected chi connectivity index (χ2v) is 4.33. The van der Waals surface area contributed by atoms with Crippen molar-refractivity contribution in [3.63, 3.8) is 0 Å². The van der Waals surface area contributed by atoms with E-state index in [1.54, 1.807) is 14.1 Å². The van der Waals surface area contributed by atoms with Gasteiger partial charge < -0.3 is 20.5 Å². The molecule has 102 valence electrons. The van der Waals surface area contributed by atoms with Crippen LogP contribution in [0.15, 0.2) is 6.33 Å². The molecule has 2 aromatic rings. The van der Waals surface area contributed by atoms with Crippen LogP contribution in [0.4, 0.5) is 10.6 Å². The number of aromatic nitrogens is 4. The molecule has 8 nitrogen and oxygen atoms in total. The Morgan fingerprint density at radius 2 is 2.21 bits per heavy atom. The van der Waals surface area contributed by atoms with Gasteiger partial charge in [0, 0.05) is 27.2 Å². The summed E-state index contributed by atoms with van der Waals surface area (Å²) in [5.41, 5.74) is 1.18. The molecule has 3 N–H and O–H groups in total. The first-order chi connectivity index (χ1) is 9.08. The Bertz CT molecular complexity index is 582. The summed E-state index contributed by atoms with van der Waals surface area (Å²) in [4.78, 5) is 27.8.